The summed E-state index contributed by atoms with van der Waals surface area (Å²) in [6, 6.07) is 13.9. The normalized spacial score (nSPS) is 17.4. The zero-order valence-corrected chi connectivity index (χ0v) is 20.0. The minimum atomic E-state index is -0.579. The number of hydrogen-bond acceptors (Lipinski definition) is 4. The van der Waals surface area contributed by atoms with Gasteiger partial charge >= 0.3 is 0 Å². The Hall–Kier alpha value is -3.35. The van der Waals surface area contributed by atoms with Crippen LogP contribution < -0.4 is 10.1 Å². The molecule has 2 aromatic rings. The fourth-order valence-electron chi connectivity index (χ4n) is 4.80. The number of hydrogen-bond donors (Lipinski definition) is 1. The Balaban J connectivity index is 1.43. The average Bonchev–Trinajstić information content (AvgIpc) is 3.42. The number of methoxy groups -OCH3 is 1. The minimum absolute atomic E-state index is 0.00195. The summed E-state index contributed by atoms with van der Waals surface area (Å²) in [6.45, 7) is 4.57. The molecule has 2 fully saturated rings. The van der Waals surface area contributed by atoms with Crippen LogP contribution in [0.25, 0.3) is 0 Å². The molecular formula is C27H33N3O4. The Bertz CT molecular complexity index is 1010. The van der Waals surface area contributed by atoms with Crippen LogP contribution in [0.3, 0.4) is 0 Å². The Morgan fingerprint density at radius 3 is 2.03 bits per heavy atom. The van der Waals surface area contributed by atoms with Crippen LogP contribution in [-0.2, 0) is 4.79 Å². The molecule has 2 heterocycles. The van der Waals surface area contributed by atoms with Crippen molar-refractivity contribution in [1.29, 1.82) is 0 Å². The number of nitrogens with zero attached hydrogens (tertiary/aromatic N) is 2. The second kappa shape index (κ2) is 10.7. The van der Waals surface area contributed by atoms with Crippen LogP contribution in [0.2, 0.25) is 0 Å². The van der Waals surface area contributed by atoms with Gasteiger partial charge in [-0.2, -0.15) is 0 Å². The van der Waals surface area contributed by atoms with E-state index in [1.807, 2.05) is 28.9 Å². The van der Waals surface area contributed by atoms with Crippen LogP contribution in [0.5, 0.6) is 5.75 Å². The third-order valence-electron chi connectivity index (χ3n) is 6.92. The van der Waals surface area contributed by atoms with Crippen LogP contribution in [0, 0.1) is 12.8 Å². The zero-order valence-electron chi connectivity index (χ0n) is 20.0. The SMILES string of the molecule is COc1ccc(C(=O)N2CCC(C(NC(=O)c3ccc(C)cc3)C(=O)N3CCCC3)CC2)cc1. The van der Waals surface area contributed by atoms with Crippen LogP contribution in [-0.4, -0.2) is 66.9 Å². The van der Waals surface area contributed by atoms with Crippen LogP contribution in [0.4, 0.5) is 0 Å². The largest absolute Gasteiger partial charge is 0.497 e. The van der Waals surface area contributed by atoms with E-state index in [9.17, 15) is 14.4 Å². The number of piperidine rings is 1. The maximum absolute atomic E-state index is 13.4. The van der Waals surface area contributed by atoms with Gasteiger partial charge in [0.15, 0.2) is 0 Å². The monoisotopic (exact) mass is 463 g/mol. The van der Waals surface area contributed by atoms with Gasteiger partial charge in [-0.1, -0.05) is 17.7 Å². The predicted octanol–water partition coefficient (Wildman–Crippen LogP) is 3.28. The summed E-state index contributed by atoms with van der Waals surface area (Å²) in [5.74, 6) is 0.449. The summed E-state index contributed by atoms with van der Waals surface area (Å²) >= 11 is 0. The van der Waals surface area contributed by atoms with Gasteiger partial charge in [-0.3, -0.25) is 14.4 Å². The predicted molar refractivity (Wildman–Crippen MR) is 130 cm³/mol. The standard InChI is InChI=1S/C27H33N3O4/c1-19-5-7-21(8-6-19)25(31)28-24(27(33)29-15-3-4-16-29)20-13-17-30(18-14-20)26(32)22-9-11-23(34-2)12-10-22/h5-12,20,24H,3-4,13-18H2,1-2H3,(H,28,31). The number of benzene rings is 2. The topological polar surface area (TPSA) is 79.0 Å². The van der Waals surface area contributed by atoms with E-state index in [0.717, 1.165) is 31.5 Å². The van der Waals surface area contributed by atoms with E-state index in [1.165, 1.54) is 0 Å². The smallest absolute Gasteiger partial charge is 0.253 e. The van der Waals surface area contributed by atoms with Crippen molar-refractivity contribution in [3.8, 4) is 5.75 Å². The summed E-state index contributed by atoms with van der Waals surface area (Å²) in [7, 11) is 1.60. The molecule has 3 amide bonds. The lowest BCUT2D eigenvalue weighted by Gasteiger charge is -2.37. The lowest BCUT2D eigenvalue weighted by atomic mass is 9.88. The molecule has 4 rings (SSSR count). The van der Waals surface area contributed by atoms with E-state index < -0.39 is 6.04 Å². The van der Waals surface area contributed by atoms with Crippen molar-refractivity contribution in [3.05, 3.63) is 65.2 Å². The van der Waals surface area contributed by atoms with Crippen LogP contribution >= 0.6 is 0 Å². The molecule has 1 unspecified atom stereocenters. The highest BCUT2D eigenvalue weighted by molar-refractivity contribution is 5.98. The van der Waals surface area contributed by atoms with Gasteiger partial charge in [0.1, 0.15) is 11.8 Å². The Morgan fingerprint density at radius 1 is 0.853 bits per heavy atom. The molecule has 1 atom stereocenters. The molecule has 7 nitrogen and oxygen atoms in total. The Kier molecular flexibility index (Phi) is 7.50. The van der Waals surface area contributed by atoms with E-state index in [2.05, 4.69) is 5.32 Å². The fraction of sp³-hybridized carbons (Fsp3) is 0.444. The van der Waals surface area contributed by atoms with Crippen LogP contribution in [0.15, 0.2) is 48.5 Å². The van der Waals surface area contributed by atoms with Crippen molar-refractivity contribution >= 4 is 17.7 Å². The minimum Gasteiger partial charge on any atom is -0.497 e. The second-order valence-electron chi connectivity index (χ2n) is 9.21. The van der Waals surface area contributed by atoms with Gasteiger partial charge in [-0.05, 0) is 74.9 Å². The molecule has 0 aromatic heterocycles. The van der Waals surface area contributed by atoms with Gasteiger partial charge in [0.05, 0.1) is 7.11 Å². The molecule has 0 aliphatic carbocycles. The van der Waals surface area contributed by atoms with E-state index in [0.29, 0.717) is 42.8 Å². The molecule has 0 radical (unpaired) electrons. The third-order valence-corrected chi connectivity index (χ3v) is 6.92. The molecule has 2 aliphatic heterocycles. The van der Waals surface area contributed by atoms with Gasteiger partial charge in [0, 0.05) is 37.3 Å². The first-order valence-electron chi connectivity index (χ1n) is 12.1. The van der Waals surface area contributed by atoms with Crippen molar-refractivity contribution < 1.29 is 19.1 Å². The summed E-state index contributed by atoms with van der Waals surface area (Å²) < 4.78 is 5.17. The van der Waals surface area contributed by atoms with Crippen molar-refractivity contribution in [2.24, 2.45) is 5.92 Å². The number of likely N-dealkylation sites (tertiary alicyclic amines) is 2. The molecular weight excluding hydrogens is 430 g/mol. The van der Waals surface area contributed by atoms with Crippen molar-refractivity contribution in [2.75, 3.05) is 33.3 Å². The highest BCUT2D eigenvalue weighted by atomic mass is 16.5. The maximum atomic E-state index is 13.4. The molecule has 0 bridgehead atoms. The summed E-state index contributed by atoms with van der Waals surface area (Å²) in [6.07, 6.45) is 3.33. The van der Waals surface area contributed by atoms with E-state index in [-0.39, 0.29) is 23.6 Å². The average molecular weight is 464 g/mol. The quantitative estimate of drug-likeness (QED) is 0.713. The summed E-state index contributed by atoms with van der Waals surface area (Å²) in [5, 5.41) is 3.04. The number of ether oxygens (including phenoxy) is 1. The Labute approximate surface area is 201 Å². The van der Waals surface area contributed by atoms with E-state index in [4.69, 9.17) is 4.74 Å². The zero-order chi connectivity index (χ0) is 24.1. The lowest BCUT2D eigenvalue weighted by molar-refractivity contribution is -0.134. The number of nitrogens with one attached hydrogen (secondary N) is 1. The van der Waals surface area contributed by atoms with Gasteiger partial charge in [-0.25, -0.2) is 0 Å². The lowest BCUT2D eigenvalue weighted by Crippen LogP contribution is -2.54. The molecule has 7 heteroatoms. The van der Waals surface area contributed by atoms with E-state index >= 15 is 0 Å². The van der Waals surface area contributed by atoms with Crippen molar-refractivity contribution in [2.45, 2.75) is 38.6 Å². The molecule has 180 valence electrons. The number of aryl methyl sites for hydroxylation is 1. The first-order valence-corrected chi connectivity index (χ1v) is 12.1. The second-order valence-corrected chi connectivity index (χ2v) is 9.21. The van der Waals surface area contributed by atoms with E-state index in [1.54, 1.807) is 43.5 Å². The molecule has 0 saturated carbocycles. The number of carbonyl (C=O) groups is 3. The van der Waals surface area contributed by atoms with Gasteiger partial charge < -0.3 is 19.9 Å². The molecule has 2 aliphatic rings. The highest BCUT2D eigenvalue weighted by Crippen LogP contribution is 2.25. The number of rotatable bonds is 6. The molecule has 34 heavy (non-hydrogen) atoms. The molecule has 1 N–H and O–H groups in total. The summed E-state index contributed by atoms with van der Waals surface area (Å²) in [4.78, 5) is 43.0. The van der Waals surface area contributed by atoms with Gasteiger partial charge in [0.25, 0.3) is 11.8 Å². The molecule has 2 saturated heterocycles. The molecule has 2 aromatic carbocycles. The maximum Gasteiger partial charge on any atom is 0.253 e. The third kappa shape index (κ3) is 5.41. The fourth-order valence-corrected chi connectivity index (χ4v) is 4.80. The van der Waals surface area contributed by atoms with Gasteiger partial charge in [0.2, 0.25) is 5.91 Å². The Morgan fingerprint density at radius 2 is 1.44 bits per heavy atom. The number of carbonyl (C=O) groups excluding carboxylic acids is 3. The van der Waals surface area contributed by atoms with Crippen LogP contribution in [0.1, 0.15) is 52.0 Å². The van der Waals surface area contributed by atoms with Crippen molar-refractivity contribution in [1.82, 2.24) is 15.1 Å². The first-order chi connectivity index (χ1) is 16.5. The molecule has 0 spiro atoms. The van der Waals surface area contributed by atoms with Gasteiger partial charge in [-0.15, -0.1) is 0 Å². The number of amides is 3. The summed E-state index contributed by atoms with van der Waals surface area (Å²) in [5.41, 5.74) is 2.25. The highest BCUT2D eigenvalue weighted by Gasteiger charge is 2.37. The first kappa shape index (κ1) is 23.8. The van der Waals surface area contributed by atoms with Crippen molar-refractivity contribution in [3.63, 3.8) is 0 Å².